The van der Waals surface area contributed by atoms with Gasteiger partial charge in [-0.15, -0.1) is 0 Å². The van der Waals surface area contributed by atoms with Crippen molar-refractivity contribution in [2.75, 3.05) is 12.3 Å². The number of hydrogen-bond donors (Lipinski definition) is 1. The third kappa shape index (κ3) is 2.45. The summed E-state index contributed by atoms with van der Waals surface area (Å²) in [7, 11) is 0. The molecule has 0 radical (unpaired) electrons. The standard InChI is InChI=1S/C9H7FN2O2/c10-7-3-6(4-8(12)5-7)9(13)14-2-1-11/h3-5H,2,12H2. The Morgan fingerprint density at radius 3 is 2.86 bits per heavy atom. The van der Waals surface area contributed by atoms with Crippen LogP contribution in [0.4, 0.5) is 10.1 Å². The van der Waals surface area contributed by atoms with Gasteiger partial charge in [-0.25, -0.2) is 9.18 Å². The molecular weight excluding hydrogens is 187 g/mol. The number of anilines is 1. The van der Waals surface area contributed by atoms with Gasteiger partial charge in [0, 0.05) is 5.69 Å². The number of ether oxygens (including phenoxy) is 1. The van der Waals surface area contributed by atoms with Gasteiger partial charge >= 0.3 is 5.97 Å². The minimum absolute atomic E-state index is 0.00208. The highest BCUT2D eigenvalue weighted by atomic mass is 19.1. The van der Waals surface area contributed by atoms with E-state index in [9.17, 15) is 9.18 Å². The summed E-state index contributed by atoms with van der Waals surface area (Å²) >= 11 is 0. The average molecular weight is 194 g/mol. The van der Waals surface area contributed by atoms with Crippen molar-refractivity contribution in [1.29, 1.82) is 5.26 Å². The lowest BCUT2D eigenvalue weighted by Crippen LogP contribution is -2.06. The Kier molecular flexibility index (Phi) is 3.02. The molecule has 1 rings (SSSR count). The van der Waals surface area contributed by atoms with Gasteiger partial charge in [-0.05, 0) is 18.2 Å². The van der Waals surface area contributed by atoms with Crippen LogP contribution in [0.2, 0.25) is 0 Å². The van der Waals surface area contributed by atoms with E-state index in [0.717, 1.165) is 12.1 Å². The molecule has 0 spiro atoms. The summed E-state index contributed by atoms with van der Waals surface area (Å²) in [5, 5.41) is 8.15. The average Bonchev–Trinajstić information content (AvgIpc) is 2.12. The molecule has 14 heavy (non-hydrogen) atoms. The van der Waals surface area contributed by atoms with E-state index in [4.69, 9.17) is 11.0 Å². The molecule has 0 bridgehead atoms. The Labute approximate surface area is 79.7 Å². The van der Waals surface area contributed by atoms with E-state index in [0.29, 0.717) is 0 Å². The van der Waals surface area contributed by atoms with E-state index in [1.54, 1.807) is 6.07 Å². The second kappa shape index (κ2) is 4.23. The fourth-order valence-electron chi connectivity index (χ4n) is 0.911. The van der Waals surface area contributed by atoms with Gasteiger partial charge < -0.3 is 10.5 Å². The number of carbonyl (C=O) groups excluding carboxylic acids is 1. The van der Waals surface area contributed by atoms with Gasteiger partial charge in [0.15, 0.2) is 6.61 Å². The molecule has 0 fully saturated rings. The third-order valence-electron chi connectivity index (χ3n) is 1.42. The maximum atomic E-state index is 12.8. The highest BCUT2D eigenvalue weighted by Gasteiger charge is 2.08. The van der Waals surface area contributed by atoms with Gasteiger partial charge in [-0.3, -0.25) is 0 Å². The monoisotopic (exact) mass is 194 g/mol. The lowest BCUT2D eigenvalue weighted by Gasteiger charge is -2.01. The summed E-state index contributed by atoms with van der Waals surface area (Å²) in [6.45, 7) is -0.366. The fraction of sp³-hybridized carbons (Fsp3) is 0.111. The summed E-state index contributed by atoms with van der Waals surface area (Å²) < 4.78 is 17.2. The number of carbonyl (C=O) groups is 1. The number of benzene rings is 1. The molecule has 0 atom stereocenters. The van der Waals surface area contributed by atoms with Crippen LogP contribution in [0.3, 0.4) is 0 Å². The number of hydrogen-bond acceptors (Lipinski definition) is 4. The van der Waals surface area contributed by atoms with E-state index in [1.165, 1.54) is 6.07 Å². The Hall–Kier alpha value is -2.09. The summed E-state index contributed by atoms with van der Waals surface area (Å²) in [5.74, 6) is -1.38. The highest BCUT2D eigenvalue weighted by Crippen LogP contribution is 2.11. The maximum absolute atomic E-state index is 12.8. The van der Waals surface area contributed by atoms with E-state index < -0.39 is 11.8 Å². The molecule has 0 unspecified atom stereocenters. The molecule has 0 aliphatic carbocycles. The lowest BCUT2D eigenvalue weighted by atomic mass is 10.2. The summed E-state index contributed by atoms with van der Waals surface area (Å²) in [6.07, 6.45) is 0. The quantitative estimate of drug-likeness (QED) is 0.564. The first kappa shape index (κ1) is 9.99. The minimum Gasteiger partial charge on any atom is -0.447 e. The SMILES string of the molecule is N#CCOC(=O)c1cc(N)cc(F)c1. The zero-order chi connectivity index (χ0) is 10.6. The predicted molar refractivity (Wildman–Crippen MR) is 46.7 cm³/mol. The van der Waals surface area contributed by atoms with Gasteiger partial charge in [-0.1, -0.05) is 0 Å². The van der Waals surface area contributed by atoms with Gasteiger partial charge in [0.1, 0.15) is 11.9 Å². The molecule has 0 amide bonds. The fourth-order valence-corrected chi connectivity index (χ4v) is 0.911. The number of nitrogen functional groups attached to an aromatic ring is 1. The van der Waals surface area contributed by atoms with Crippen molar-refractivity contribution >= 4 is 11.7 Å². The molecule has 1 aromatic carbocycles. The number of nitrogens with zero attached hydrogens (tertiary/aromatic N) is 1. The van der Waals surface area contributed by atoms with Crippen molar-refractivity contribution in [2.45, 2.75) is 0 Å². The molecule has 0 heterocycles. The second-order valence-corrected chi connectivity index (χ2v) is 2.51. The molecule has 72 valence electrons. The topological polar surface area (TPSA) is 76.1 Å². The molecule has 1 aromatic rings. The molecule has 0 saturated heterocycles. The van der Waals surface area contributed by atoms with E-state index in [2.05, 4.69) is 4.74 Å². The van der Waals surface area contributed by atoms with Crippen LogP contribution in [0.15, 0.2) is 18.2 Å². The van der Waals surface area contributed by atoms with Crippen LogP contribution in [0.1, 0.15) is 10.4 Å². The minimum atomic E-state index is -0.766. The smallest absolute Gasteiger partial charge is 0.339 e. The van der Waals surface area contributed by atoms with Crippen molar-refractivity contribution in [3.05, 3.63) is 29.6 Å². The summed E-state index contributed by atoms with van der Waals surface area (Å²) in [5.41, 5.74) is 5.44. The molecule has 0 saturated carbocycles. The predicted octanol–water partition coefficient (Wildman–Crippen LogP) is 1.09. The van der Waals surface area contributed by atoms with Crippen molar-refractivity contribution in [2.24, 2.45) is 0 Å². The Balaban J connectivity index is 2.85. The largest absolute Gasteiger partial charge is 0.447 e. The first-order valence-electron chi connectivity index (χ1n) is 3.73. The first-order valence-corrected chi connectivity index (χ1v) is 3.73. The van der Waals surface area contributed by atoms with Crippen LogP contribution < -0.4 is 5.73 Å². The number of esters is 1. The van der Waals surface area contributed by atoms with E-state index >= 15 is 0 Å². The highest BCUT2D eigenvalue weighted by molar-refractivity contribution is 5.90. The molecule has 0 aromatic heterocycles. The normalized spacial score (nSPS) is 9.14. The number of nitriles is 1. The zero-order valence-corrected chi connectivity index (χ0v) is 7.16. The number of nitrogens with two attached hydrogens (primary N) is 1. The summed E-state index contributed by atoms with van der Waals surface area (Å²) in [4.78, 5) is 11.1. The van der Waals surface area contributed by atoms with Crippen LogP contribution >= 0.6 is 0 Å². The van der Waals surface area contributed by atoms with Crippen LogP contribution in [-0.4, -0.2) is 12.6 Å². The lowest BCUT2D eigenvalue weighted by molar-refractivity contribution is 0.0554. The second-order valence-electron chi connectivity index (χ2n) is 2.51. The van der Waals surface area contributed by atoms with Crippen molar-refractivity contribution < 1.29 is 13.9 Å². The van der Waals surface area contributed by atoms with E-state index in [1.807, 2.05) is 0 Å². The van der Waals surface area contributed by atoms with Crippen molar-refractivity contribution in [3.63, 3.8) is 0 Å². The first-order chi connectivity index (χ1) is 6.63. The van der Waals surface area contributed by atoms with Crippen LogP contribution in [-0.2, 0) is 4.74 Å². The van der Waals surface area contributed by atoms with Gasteiger partial charge in [0.05, 0.1) is 5.56 Å². The van der Waals surface area contributed by atoms with Crippen molar-refractivity contribution in [3.8, 4) is 6.07 Å². The number of rotatable bonds is 2. The van der Waals surface area contributed by atoms with E-state index in [-0.39, 0.29) is 17.9 Å². The maximum Gasteiger partial charge on any atom is 0.339 e. The van der Waals surface area contributed by atoms with Gasteiger partial charge in [0.2, 0.25) is 0 Å². The molecule has 4 nitrogen and oxygen atoms in total. The van der Waals surface area contributed by atoms with Crippen molar-refractivity contribution in [1.82, 2.24) is 0 Å². The van der Waals surface area contributed by atoms with Crippen LogP contribution in [0.5, 0.6) is 0 Å². The van der Waals surface area contributed by atoms with Crippen LogP contribution in [0.25, 0.3) is 0 Å². The third-order valence-corrected chi connectivity index (χ3v) is 1.42. The molecule has 2 N–H and O–H groups in total. The molecular formula is C9H7FN2O2. The number of halogens is 1. The molecule has 0 aliphatic heterocycles. The Morgan fingerprint density at radius 2 is 2.29 bits per heavy atom. The van der Waals surface area contributed by atoms with Gasteiger partial charge in [-0.2, -0.15) is 5.26 Å². The van der Waals surface area contributed by atoms with Crippen LogP contribution in [0, 0.1) is 17.1 Å². The van der Waals surface area contributed by atoms with Gasteiger partial charge in [0.25, 0.3) is 0 Å². The Morgan fingerprint density at radius 1 is 1.57 bits per heavy atom. The molecule has 0 aliphatic rings. The Bertz CT molecular complexity index is 378. The zero-order valence-electron chi connectivity index (χ0n) is 7.16. The molecule has 5 heteroatoms. The summed E-state index contributed by atoms with van der Waals surface area (Å²) in [6, 6.07) is 4.99.